The molecule has 2 aromatic rings. The summed E-state index contributed by atoms with van der Waals surface area (Å²) in [6, 6.07) is 0. The number of nitrogen functional groups attached to an aromatic ring is 1. The van der Waals surface area contributed by atoms with Crippen LogP contribution in [0.1, 0.15) is 32.4 Å². The highest BCUT2D eigenvalue weighted by atomic mass is 16.6. The minimum atomic E-state index is -0.456. The van der Waals surface area contributed by atoms with Crippen molar-refractivity contribution in [2.45, 2.75) is 50.2 Å². The summed E-state index contributed by atoms with van der Waals surface area (Å²) in [7, 11) is 1.68. The number of ether oxygens (including phenoxy) is 3. The standard InChI is InChI=1S/C15H21N5O4/c1-3-4-15-5-6-23-9(10(15)22-2)13(24-15)20-7-17-8-11(20)18-14(16)19-12(8)21/h7,9-10,13H,3-6H2,1-2H3,(H3,16,18,19,21)/t9-,10?,13+,15-/m0/s1. The predicted molar refractivity (Wildman–Crippen MR) is 85.5 cm³/mol. The molecule has 2 bridgehead atoms. The summed E-state index contributed by atoms with van der Waals surface area (Å²) in [5, 5.41) is 0. The lowest BCUT2D eigenvalue weighted by Gasteiger charge is -2.37. The largest absolute Gasteiger partial charge is 0.376 e. The molecule has 4 heterocycles. The van der Waals surface area contributed by atoms with Crippen LogP contribution in [0.15, 0.2) is 11.1 Å². The quantitative estimate of drug-likeness (QED) is 0.839. The zero-order valence-corrected chi connectivity index (χ0v) is 13.7. The van der Waals surface area contributed by atoms with E-state index in [1.165, 1.54) is 0 Å². The molecule has 0 radical (unpaired) electrons. The van der Waals surface area contributed by atoms with Gasteiger partial charge in [0.15, 0.2) is 17.4 Å². The third-order valence-electron chi connectivity index (χ3n) is 4.94. The van der Waals surface area contributed by atoms with Gasteiger partial charge in [0, 0.05) is 13.5 Å². The number of nitrogens with one attached hydrogen (secondary N) is 1. The SMILES string of the molecule is CCC[C@]12CCO[C@@H](C1OC)[C@H](n1cnc3c(=O)[nH]c(N)nc31)O2. The lowest BCUT2D eigenvalue weighted by molar-refractivity contribution is -0.138. The molecule has 0 aromatic carbocycles. The monoisotopic (exact) mass is 335 g/mol. The maximum absolute atomic E-state index is 12.0. The molecule has 2 aliphatic rings. The molecule has 0 aliphatic carbocycles. The lowest BCUT2D eigenvalue weighted by Crippen LogP contribution is -2.49. The van der Waals surface area contributed by atoms with Gasteiger partial charge in [0.05, 0.1) is 12.9 Å². The van der Waals surface area contributed by atoms with Crippen molar-refractivity contribution in [2.75, 3.05) is 19.5 Å². The van der Waals surface area contributed by atoms with Crippen molar-refractivity contribution >= 4 is 17.1 Å². The zero-order chi connectivity index (χ0) is 16.9. The number of imidazole rings is 1. The van der Waals surface area contributed by atoms with Crippen molar-refractivity contribution in [1.29, 1.82) is 0 Å². The number of nitrogens with two attached hydrogens (primary N) is 1. The third-order valence-corrected chi connectivity index (χ3v) is 4.94. The van der Waals surface area contributed by atoms with E-state index in [2.05, 4.69) is 21.9 Å². The van der Waals surface area contributed by atoms with Crippen LogP contribution in [0.4, 0.5) is 5.95 Å². The molecule has 0 saturated carbocycles. The van der Waals surface area contributed by atoms with E-state index in [4.69, 9.17) is 19.9 Å². The zero-order valence-electron chi connectivity index (χ0n) is 13.7. The van der Waals surface area contributed by atoms with E-state index in [1.807, 2.05) is 0 Å². The second kappa shape index (κ2) is 5.54. The first-order valence-corrected chi connectivity index (χ1v) is 8.14. The molecular formula is C15H21N5O4. The van der Waals surface area contributed by atoms with Gasteiger partial charge in [-0.1, -0.05) is 13.3 Å². The fraction of sp³-hybridized carbons (Fsp3) is 0.667. The van der Waals surface area contributed by atoms with Gasteiger partial charge < -0.3 is 19.9 Å². The van der Waals surface area contributed by atoms with Gasteiger partial charge in [-0.25, -0.2) is 4.98 Å². The van der Waals surface area contributed by atoms with E-state index < -0.39 is 6.23 Å². The van der Waals surface area contributed by atoms with Crippen LogP contribution in [-0.4, -0.2) is 51.0 Å². The number of aromatic nitrogens is 4. The van der Waals surface area contributed by atoms with Gasteiger partial charge in [-0.3, -0.25) is 14.3 Å². The number of methoxy groups -OCH3 is 1. The number of anilines is 1. The van der Waals surface area contributed by atoms with Gasteiger partial charge in [0.25, 0.3) is 5.56 Å². The molecule has 9 heteroatoms. The summed E-state index contributed by atoms with van der Waals surface area (Å²) in [4.78, 5) is 22.8. The highest BCUT2D eigenvalue weighted by molar-refractivity contribution is 5.70. The fourth-order valence-corrected chi connectivity index (χ4v) is 4.00. The van der Waals surface area contributed by atoms with Gasteiger partial charge in [-0.15, -0.1) is 0 Å². The first kappa shape index (κ1) is 15.6. The van der Waals surface area contributed by atoms with E-state index in [-0.39, 0.29) is 34.8 Å². The van der Waals surface area contributed by atoms with Crippen molar-refractivity contribution in [2.24, 2.45) is 0 Å². The number of fused-ring (bicyclic) bond motifs is 3. The summed E-state index contributed by atoms with van der Waals surface area (Å²) in [6.07, 6.45) is 3.27. The Hall–Kier alpha value is -1.97. The Kier molecular flexibility index (Phi) is 3.59. The number of hydrogen-bond acceptors (Lipinski definition) is 7. The minimum absolute atomic E-state index is 0.0442. The van der Waals surface area contributed by atoms with Crippen LogP contribution in [-0.2, 0) is 14.2 Å². The van der Waals surface area contributed by atoms with E-state index in [1.54, 1.807) is 18.0 Å². The molecule has 4 rings (SSSR count). The molecule has 2 aromatic heterocycles. The summed E-state index contributed by atoms with van der Waals surface area (Å²) in [5.74, 6) is 0.0442. The van der Waals surface area contributed by atoms with Crippen LogP contribution >= 0.6 is 0 Å². The van der Waals surface area contributed by atoms with E-state index in [0.29, 0.717) is 12.3 Å². The van der Waals surface area contributed by atoms with Crippen molar-refractivity contribution in [3.63, 3.8) is 0 Å². The molecule has 2 saturated heterocycles. The second-order valence-electron chi connectivity index (χ2n) is 6.34. The molecule has 1 unspecified atom stereocenters. The Bertz CT molecular complexity index is 814. The van der Waals surface area contributed by atoms with E-state index >= 15 is 0 Å². The molecule has 2 fully saturated rings. The van der Waals surface area contributed by atoms with Gasteiger partial charge in [0.2, 0.25) is 5.95 Å². The van der Waals surface area contributed by atoms with Crippen LogP contribution in [0.25, 0.3) is 11.2 Å². The summed E-state index contributed by atoms with van der Waals surface area (Å²) in [5.41, 5.74) is 5.54. The van der Waals surface area contributed by atoms with E-state index in [9.17, 15) is 4.79 Å². The average Bonchev–Trinajstić information content (AvgIpc) is 3.02. The maximum Gasteiger partial charge on any atom is 0.280 e. The highest BCUT2D eigenvalue weighted by Crippen LogP contribution is 2.48. The number of hydrogen-bond donors (Lipinski definition) is 2. The number of rotatable bonds is 4. The Labute approximate surface area is 138 Å². The van der Waals surface area contributed by atoms with Crippen LogP contribution in [0.3, 0.4) is 0 Å². The van der Waals surface area contributed by atoms with E-state index in [0.717, 1.165) is 19.3 Å². The predicted octanol–water partition coefficient (Wildman–Crippen LogP) is 0.573. The summed E-state index contributed by atoms with van der Waals surface area (Å²) in [6.45, 7) is 2.74. The molecule has 24 heavy (non-hydrogen) atoms. The molecule has 9 nitrogen and oxygen atoms in total. The topological polar surface area (TPSA) is 117 Å². The number of H-pyrrole nitrogens is 1. The Morgan fingerprint density at radius 3 is 3.17 bits per heavy atom. The first-order valence-electron chi connectivity index (χ1n) is 8.14. The average molecular weight is 335 g/mol. The van der Waals surface area contributed by atoms with Crippen LogP contribution in [0.2, 0.25) is 0 Å². The molecule has 3 N–H and O–H groups in total. The van der Waals surface area contributed by atoms with Gasteiger partial charge >= 0.3 is 0 Å². The Morgan fingerprint density at radius 1 is 1.58 bits per heavy atom. The molecule has 0 amide bonds. The lowest BCUT2D eigenvalue weighted by atomic mass is 9.85. The van der Waals surface area contributed by atoms with Crippen LogP contribution in [0, 0.1) is 0 Å². The number of aromatic amines is 1. The smallest absolute Gasteiger partial charge is 0.280 e. The minimum Gasteiger partial charge on any atom is -0.376 e. The van der Waals surface area contributed by atoms with Crippen molar-refractivity contribution in [3.05, 3.63) is 16.7 Å². The maximum atomic E-state index is 12.0. The fourth-order valence-electron chi connectivity index (χ4n) is 4.00. The molecular weight excluding hydrogens is 314 g/mol. The molecule has 0 spiro atoms. The normalized spacial score (nSPS) is 32.5. The van der Waals surface area contributed by atoms with Gasteiger partial charge in [0.1, 0.15) is 17.8 Å². The third kappa shape index (κ3) is 2.08. The first-order chi connectivity index (χ1) is 11.6. The molecule has 130 valence electrons. The van der Waals surface area contributed by atoms with Crippen molar-refractivity contribution in [1.82, 2.24) is 19.5 Å². The highest BCUT2D eigenvalue weighted by Gasteiger charge is 2.59. The van der Waals surface area contributed by atoms with Gasteiger partial charge in [-0.05, 0) is 6.42 Å². The summed E-state index contributed by atoms with van der Waals surface area (Å²) >= 11 is 0. The summed E-state index contributed by atoms with van der Waals surface area (Å²) < 4.78 is 19.8. The van der Waals surface area contributed by atoms with Crippen LogP contribution < -0.4 is 11.3 Å². The Balaban J connectivity index is 1.82. The number of nitrogens with zero attached hydrogens (tertiary/aromatic N) is 3. The van der Waals surface area contributed by atoms with Crippen molar-refractivity contribution < 1.29 is 14.2 Å². The van der Waals surface area contributed by atoms with Crippen LogP contribution in [0.5, 0.6) is 0 Å². The van der Waals surface area contributed by atoms with Crippen molar-refractivity contribution in [3.8, 4) is 0 Å². The second-order valence-corrected chi connectivity index (χ2v) is 6.34. The molecule has 4 atom stereocenters. The van der Waals surface area contributed by atoms with Gasteiger partial charge in [-0.2, -0.15) is 4.98 Å². The molecule has 2 aliphatic heterocycles. The Morgan fingerprint density at radius 2 is 2.42 bits per heavy atom.